The van der Waals surface area contributed by atoms with Gasteiger partial charge in [0.25, 0.3) is 5.91 Å². The van der Waals surface area contributed by atoms with E-state index in [-0.39, 0.29) is 12.5 Å². The second-order valence-electron chi connectivity index (χ2n) is 4.72. The minimum Gasteiger partial charge on any atom is -0.478 e. The van der Waals surface area contributed by atoms with Crippen LogP contribution in [-0.4, -0.2) is 31.1 Å². The zero-order valence-electron chi connectivity index (χ0n) is 12.0. The molecule has 0 spiro atoms. The van der Waals surface area contributed by atoms with Crippen molar-refractivity contribution in [2.45, 2.75) is 33.3 Å². The molecule has 108 valence electrons. The molecule has 0 unspecified atom stereocenters. The average Bonchev–Trinajstić information content (AvgIpc) is 2.42. The lowest BCUT2D eigenvalue weighted by Gasteiger charge is -2.33. The second-order valence-corrected chi connectivity index (χ2v) is 4.72. The summed E-state index contributed by atoms with van der Waals surface area (Å²) in [6.45, 7) is 5.77. The van der Waals surface area contributed by atoms with E-state index in [0.29, 0.717) is 24.5 Å². The molecule has 1 atom stereocenters. The number of carbonyl (C=O) groups excluding carboxylic acids is 2. The first kappa shape index (κ1) is 14.4. The van der Waals surface area contributed by atoms with Crippen molar-refractivity contribution in [3.05, 3.63) is 23.8 Å². The number of nitrogens with zero attached hydrogens (tertiary/aromatic N) is 1. The highest BCUT2D eigenvalue weighted by atomic mass is 16.5. The summed E-state index contributed by atoms with van der Waals surface area (Å²) in [7, 11) is 0. The summed E-state index contributed by atoms with van der Waals surface area (Å²) >= 11 is 0. The minimum absolute atomic E-state index is 0.0804. The number of aryl methyl sites for hydroxylation is 1. The molecule has 1 amide bonds. The van der Waals surface area contributed by atoms with E-state index in [4.69, 9.17) is 9.47 Å². The first-order chi connectivity index (χ1) is 9.56. The Morgan fingerprint density at radius 2 is 2.15 bits per heavy atom. The standard InChI is InChI=1S/C15H19NO4/c1-4-12-15(18)16(9-14(17)19-5-2)11-8-10(3)6-7-13(11)20-12/h6-8,12H,4-5,9H2,1-3H3/t12-/m1/s1. The van der Waals surface area contributed by atoms with E-state index < -0.39 is 12.1 Å². The molecule has 0 fully saturated rings. The molecular formula is C15H19NO4. The lowest BCUT2D eigenvalue weighted by Crippen LogP contribution is -2.48. The van der Waals surface area contributed by atoms with Crippen molar-refractivity contribution in [1.82, 2.24) is 0 Å². The van der Waals surface area contributed by atoms with Gasteiger partial charge in [0, 0.05) is 0 Å². The Hall–Kier alpha value is -2.04. The van der Waals surface area contributed by atoms with Crippen LogP contribution < -0.4 is 9.64 Å². The van der Waals surface area contributed by atoms with Gasteiger partial charge < -0.3 is 9.47 Å². The number of benzene rings is 1. The summed E-state index contributed by atoms with van der Waals surface area (Å²) in [6.07, 6.45) is 0.0190. The Morgan fingerprint density at radius 3 is 2.80 bits per heavy atom. The Morgan fingerprint density at radius 1 is 1.40 bits per heavy atom. The number of anilines is 1. The van der Waals surface area contributed by atoms with Gasteiger partial charge in [-0.25, -0.2) is 0 Å². The summed E-state index contributed by atoms with van der Waals surface area (Å²) in [5, 5.41) is 0. The van der Waals surface area contributed by atoms with E-state index in [1.807, 2.05) is 32.0 Å². The molecule has 0 radical (unpaired) electrons. The number of fused-ring (bicyclic) bond motifs is 1. The van der Waals surface area contributed by atoms with Crippen molar-refractivity contribution in [1.29, 1.82) is 0 Å². The lowest BCUT2D eigenvalue weighted by molar-refractivity contribution is -0.143. The summed E-state index contributed by atoms with van der Waals surface area (Å²) < 4.78 is 10.6. The molecule has 0 bridgehead atoms. The van der Waals surface area contributed by atoms with Gasteiger partial charge in [-0.1, -0.05) is 13.0 Å². The number of ether oxygens (including phenoxy) is 2. The molecule has 0 N–H and O–H groups in total. The summed E-state index contributed by atoms with van der Waals surface area (Å²) in [5.41, 5.74) is 1.64. The number of amides is 1. The summed E-state index contributed by atoms with van der Waals surface area (Å²) in [5.74, 6) is 0.0232. The van der Waals surface area contributed by atoms with Crippen molar-refractivity contribution in [2.24, 2.45) is 0 Å². The van der Waals surface area contributed by atoms with Crippen LogP contribution in [0, 0.1) is 6.92 Å². The molecule has 1 heterocycles. The van der Waals surface area contributed by atoms with Crippen LogP contribution in [0.15, 0.2) is 18.2 Å². The first-order valence-corrected chi connectivity index (χ1v) is 6.81. The number of carbonyl (C=O) groups is 2. The number of hydrogen-bond acceptors (Lipinski definition) is 4. The molecule has 0 aliphatic carbocycles. The van der Waals surface area contributed by atoms with Gasteiger partial charge in [-0.15, -0.1) is 0 Å². The van der Waals surface area contributed by atoms with E-state index in [1.165, 1.54) is 4.90 Å². The highest BCUT2D eigenvalue weighted by Crippen LogP contribution is 2.35. The van der Waals surface area contributed by atoms with Gasteiger partial charge in [-0.2, -0.15) is 0 Å². The van der Waals surface area contributed by atoms with Crippen LogP contribution in [0.4, 0.5) is 5.69 Å². The van der Waals surface area contributed by atoms with Crippen molar-refractivity contribution in [3.8, 4) is 5.75 Å². The van der Waals surface area contributed by atoms with E-state index in [9.17, 15) is 9.59 Å². The SMILES string of the molecule is CCOC(=O)CN1C(=O)[C@@H](CC)Oc2ccc(C)cc21. The largest absolute Gasteiger partial charge is 0.478 e. The molecule has 5 nitrogen and oxygen atoms in total. The van der Waals surface area contributed by atoms with Crippen LogP contribution in [0.3, 0.4) is 0 Å². The third-order valence-electron chi connectivity index (χ3n) is 3.18. The Balaban J connectivity index is 2.34. The van der Waals surface area contributed by atoms with Gasteiger partial charge >= 0.3 is 5.97 Å². The second kappa shape index (κ2) is 5.94. The quantitative estimate of drug-likeness (QED) is 0.790. The van der Waals surface area contributed by atoms with Gasteiger partial charge in [-0.05, 0) is 38.0 Å². The maximum Gasteiger partial charge on any atom is 0.326 e. The highest BCUT2D eigenvalue weighted by Gasteiger charge is 2.34. The fourth-order valence-corrected chi connectivity index (χ4v) is 2.19. The molecule has 1 aromatic carbocycles. The van der Waals surface area contributed by atoms with E-state index in [0.717, 1.165) is 5.56 Å². The Bertz CT molecular complexity index is 527. The van der Waals surface area contributed by atoms with E-state index >= 15 is 0 Å². The Labute approximate surface area is 118 Å². The number of hydrogen-bond donors (Lipinski definition) is 0. The topological polar surface area (TPSA) is 55.8 Å². The molecule has 20 heavy (non-hydrogen) atoms. The fourth-order valence-electron chi connectivity index (χ4n) is 2.19. The third-order valence-corrected chi connectivity index (χ3v) is 3.18. The molecular weight excluding hydrogens is 258 g/mol. The highest BCUT2D eigenvalue weighted by molar-refractivity contribution is 6.03. The van der Waals surface area contributed by atoms with Crippen LogP contribution in [0.25, 0.3) is 0 Å². The van der Waals surface area contributed by atoms with Crippen molar-refractivity contribution < 1.29 is 19.1 Å². The molecule has 1 aliphatic heterocycles. The molecule has 0 saturated carbocycles. The lowest BCUT2D eigenvalue weighted by atomic mass is 10.1. The predicted octanol–water partition coefficient (Wildman–Crippen LogP) is 2.06. The smallest absolute Gasteiger partial charge is 0.326 e. The van der Waals surface area contributed by atoms with Crippen molar-refractivity contribution in [3.63, 3.8) is 0 Å². The number of rotatable bonds is 4. The van der Waals surface area contributed by atoms with Crippen LogP contribution in [0.1, 0.15) is 25.8 Å². The predicted molar refractivity (Wildman–Crippen MR) is 74.9 cm³/mol. The van der Waals surface area contributed by atoms with Gasteiger partial charge in [0.15, 0.2) is 6.10 Å². The van der Waals surface area contributed by atoms with E-state index in [2.05, 4.69) is 0 Å². The molecule has 1 aliphatic rings. The van der Waals surface area contributed by atoms with Crippen LogP contribution in [0.5, 0.6) is 5.75 Å². The fraction of sp³-hybridized carbons (Fsp3) is 0.467. The molecule has 0 saturated heterocycles. The first-order valence-electron chi connectivity index (χ1n) is 6.81. The van der Waals surface area contributed by atoms with E-state index in [1.54, 1.807) is 6.92 Å². The monoisotopic (exact) mass is 277 g/mol. The molecule has 0 aromatic heterocycles. The zero-order chi connectivity index (χ0) is 14.7. The van der Waals surface area contributed by atoms with Crippen molar-refractivity contribution >= 4 is 17.6 Å². The van der Waals surface area contributed by atoms with Crippen LogP contribution >= 0.6 is 0 Å². The van der Waals surface area contributed by atoms with Gasteiger partial charge in [0.05, 0.1) is 12.3 Å². The maximum absolute atomic E-state index is 12.4. The zero-order valence-corrected chi connectivity index (χ0v) is 12.0. The molecule has 2 rings (SSSR count). The normalized spacial score (nSPS) is 17.4. The van der Waals surface area contributed by atoms with Crippen molar-refractivity contribution in [2.75, 3.05) is 18.1 Å². The molecule has 5 heteroatoms. The third kappa shape index (κ3) is 2.76. The summed E-state index contributed by atoms with van der Waals surface area (Å²) in [4.78, 5) is 25.5. The Kier molecular flexibility index (Phi) is 4.27. The minimum atomic E-state index is -0.542. The van der Waals surface area contributed by atoms with Crippen LogP contribution in [-0.2, 0) is 14.3 Å². The van der Waals surface area contributed by atoms with Gasteiger partial charge in [0.2, 0.25) is 0 Å². The maximum atomic E-state index is 12.4. The summed E-state index contributed by atoms with van der Waals surface area (Å²) in [6, 6.07) is 5.60. The molecule has 1 aromatic rings. The average molecular weight is 277 g/mol. The van der Waals surface area contributed by atoms with Gasteiger partial charge in [0.1, 0.15) is 12.3 Å². The number of esters is 1. The van der Waals surface area contributed by atoms with Gasteiger partial charge in [-0.3, -0.25) is 14.5 Å². The van der Waals surface area contributed by atoms with Crippen LogP contribution in [0.2, 0.25) is 0 Å².